The zero-order chi connectivity index (χ0) is 15.3. The van der Waals surface area contributed by atoms with Crippen molar-refractivity contribution < 1.29 is 17.7 Å². The fraction of sp³-hybridized carbons (Fsp3) is 0.333. The predicted molar refractivity (Wildman–Crippen MR) is 75.8 cm³/mol. The average molecular weight is 382 g/mol. The van der Waals surface area contributed by atoms with Gasteiger partial charge in [-0.15, -0.1) is 11.8 Å². The van der Waals surface area contributed by atoms with E-state index >= 15 is 0 Å². The third-order valence-corrected chi connectivity index (χ3v) is 4.33. The van der Waals surface area contributed by atoms with Gasteiger partial charge in [0, 0.05) is 9.37 Å². The van der Waals surface area contributed by atoms with Crippen LogP contribution in [0.1, 0.15) is 11.7 Å². The minimum Gasteiger partial charge on any atom is -0.338 e. The highest BCUT2D eigenvalue weighted by molar-refractivity contribution is 9.10. The van der Waals surface area contributed by atoms with Crippen LogP contribution in [0.5, 0.6) is 0 Å². The van der Waals surface area contributed by atoms with E-state index in [4.69, 9.17) is 4.52 Å². The van der Waals surface area contributed by atoms with Crippen molar-refractivity contribution in [3.8, 4) is 0 Å². The zero-order valence-corrected chi connectivity index (χ0v) is 13.1. The molecule has 0 amide bonds. The summed E-state index contributed by atoms with van der Waals surface area (Å²) >= 11 is 4.94. The lowest BCUT2D eigenvalue weighted by atomic mass is 10.4. The third kappa shape index (κ3) is 5.68. The second-order valence-electron chi connectivity index (χ2n) is 4.04. The maximum absolute atomic E-state index is 12.0. The van der Waals surface area contributed by atoms with Gasteiger partial charge < -0.3 is 9.84 Å². The highest BCUT2D eigenvalue weighted by Crippen LogP contribution is 2.28. The van der Waals surface area contributed by atoms with Crippen LogP contribution in [0.15, 0.2) is 38.2 Å². The van der Waals surface area contributed by atoms with Gasteiger partial charge in [-0.3, -0.25) is 0 Å². The molecule has 0 radical (unpaired) electrons. The average Bonchev–Trinajstić information content (AvgIpc) is 2.84. The molecular weight excluding hydrogens is 371 g/mol. The Hall–Kier alpha value is -1.06. The number of hydrogen-bond donors (Lipinski definition) is 1. The first-order valence-corrected chi connectivity index (χ1v) is 7.68. The molecule has 0 fully saturated rings. The Kier molecular flexibility index (Phi) is 5.65. The smallest absolute Gasteiger partial charge is 0.338 e. The summed E-state index contributed by atoms with van der Waals surface area (Å²) in [4.78, 5) is 5.06. The van der Waals surface area contributed by atoms with E-state index in [0.29, 0.717) is 11.6 Å². The van der Waals surface area contributed by atoms with Crippen LogP contribution in [0.25, 0.3) is 0 Å². The van der Waals surface area contributed by atoms with Crippen molar-refractivity contribution in [2.24, 2.45) is 0 Å². The summed E-state index contributed by atoms with van der Waals surface area (Å²) in [7, 11) is 0. The molecule has 0 aliphatic carbocycles. The number of rotatable bonds is 6. The summed E-state index contributed by atoms with van der Waals surface area (Å²) in [5.41, 5.74) is 0. The van der Waals surface area contributed by atoms with Gasteiger partial charge in [-0.05, 0) is 28.1 Å². The molecule has 9 heteroatoms. The predicted octanol–water partition coefficient (Wildman–Crippen LogP) is 3.78. The summed E-state index contributed by atoms with van der Waals surface area (Å²) in [6.45, 7) is -1.19. The Balaban J connectivity index is 1.82. The SMILES string of the molecule is FC(F)(F)CNCc1nc(CSc2ccccc2Br)no1. The number of hydrogen-bond acceptors (Lipinski definition) is 5. The minimum absolute atomic E-state index is 0.105. The minimum atomic E-state index is -4.25. The highest BCUT2D eigenvalue weighted by Gasteiger charge is 2.26. The zero-order valence-electron chi connectivity index (χ0n) is 10.7. The molecular formula is C12H11BrF3N3OS. The van der Waals surface area contributed by atoms with Crippen LogP contribution in [-0.4, -0.2) is 22.9 Å². The number of benzene rings is 1. The molecule has 0 aliphatic heterocycles. The van der Waals surface area contributed by atoms with Gasteiger partial charge in [0.15, 0.2) is 5.82 Å². The number of halogens is 4. The molecule has 1 N–H and O–H groups in total. The molecule has 1 aromatic carbocycles. The second-order valence-corrected chi connectivity index (χ2v) is 5.91. The Morgan fingerprint density at radius 3 is 2.76 bits per heavy atom. The molecule has 1 aromatic heterocycles. The van der Waals surface area contributed by atoms with Gasteiger partial charge >= 0.3 is 6.18 Å². The van der Waals surface area contributed by atoms with Gasteiger partial charge in [0.2, 0.25) is 5.89 Å². The van der Waals surface area contributed by atoms with E-state index in [2.05, 4.69) is 31.4 Å². The van der Waals surface area contributed by atoms with Crippen LogP contribution >= 0.6 is 27.7 Å². The van der Waals surface area contributed by atoms with Crippen molar-refractivity contribution >= 4 is 27.7 Å². The van der Waals surface area contributed by atoms with Gasteiger partial charge in [-0.25, -0.2) is 0 Å². The van der Waals surface area contributed by atoms with Gasteiger partial charge in [0.1, 0.15) is 0 Å². The van der Waals surface area contributed by atoms with Gasteiger partial charge in [-0.1, -0.05) is 17.3 Å². The number of aromatic nitrogens is 2. The van der Waals surface area contributed by atoms with E-state index in [9.17, 15) is 13.2 Å². The van der Waals surface area contributed by atoms with E-state index < -0.39 is 12.7 Å². The van der Waals surface area contributed by atoms with Crippen molar-refractivity contribution in [2.45, 2.75) is 23.4 Å². The van der Waals surface area contributed by atoms with Crippen LogP contribution < -0.4 is 5.32 Å². The Bertz CT molecular complexity index is 591. The van der Waals surface area contributed by atoms with Gasteiger partial charge in [-0.2, -0.15) is 18.2 Å². The van der Waals surface area contributed by atoms with E-state index in [1.165, 1.54) is 11.8 Å². The quantitative estimate of drug-likeness (QED) is 0.771. The van der Waals surface area contributed by atoms with Crippen LogP contribution in [0.2, 0.25) is 0 Å². The standard InChI is InChI=1S/C12H11BrF3N3OS/c13-8-3-1-2-4-9(8)21-6-10-18-11(20-19-10)5-17-7-12(14,15)16/h1-4,17H,5-7H2. The molecule has 21 heavy (non-hydrogen) atoms. The maximum Gasteiger partial charge on any atom is 0.401 e. The Morgan fingerprint density at radius 1 is 1.29 bits per heavy atom. The van der Waals surface area contributed by atoms with Crippen LogP contribution in [0.4, 0.5) is 13.2 Å². The first kappa shape index (κ1) is 16.3. The molecule has 2 rings (SSSR count). The van der Waals surface area contributed by atoms with Gasteiger partial charge in [0.05, 0.1) is 18.8 Å². The van der Waals surface area contributed by atoms with E-state index in [1.54, 1.807) is 0 Å². The highest BCUT2D eigenvalue weighted by atomic mass is 79.9. The van der Waals surface area contributed by atoms with Crippen LogP contribution in [0.3, 0.4) is 0 Å². The fourth-order valence-corrected chi connectivity index (χ4v) is 2.85. The Labute approximate surface area is 131 Å². The molecule has 0 spiro atoms. The second kappa shape index (κ2) is 7.28. The first-order chi connectivity index (χ1) is 9.94. The lowest BCUT2D eigenvalue weighted by Crippen LogP contribution is -2.28. The largest absolute Gasteiger partial charge is 0.401 e. The molecule has 0 unspecified atom stereocenters. The molecule has 4 nitrogen and oxygen atoms in total. The number of alkyl halides is 3. The summed E-state index contributed by atoms with van der Waals surface area (Å²) < 4.78 is 41.8. The number of nitrogens with one attached hydrogen (secondary N) is 1. The summed E-state index contributed by atoms with van der Waals surface area (Å²) in [5, 5.41) is 5.93. The van der Waals surface area contributed by atoms with Crippen molar-refractivity contribution in [3.63, 3.8) is 0 Å². The molecule has 1 heterocycles. The van der Waals surface area contributed by atoms with Crippen molar-refractivity contribution in [1.82, 2.24) is 15.5 Å². The van der Waals surface area contributed by atoms with E-state index in [0.717, 1.165) is 9.37 Å². The van der Waals surface area contributed by atoms with Crippen molar-refractivity contribution in [1.29, 1.82) is 0 Å². The summed E-state index contributed by atoms with van der Waals surface area (Å²) in [6.07, 6.45) is -4.25. The fourth-order valence-electron chi connectivity index (χ4n) is 1.44. The number of nitrogens with zero attached hydrogens (tertiary/aromatic N) is 2. The van der Waals surface area contributed by atoms with E-state index in [-0.39, 0.29) is 12.4 Å². The van der Waals surface area contributed by atoms with E-state index in [1.807, 2.05) is 24.3 Å². The maximum atomic E-state index is 12.0. The molecule has 0 aliphatic rings. The topological polar surface area (TPSA) is 51.0 Å². The van der Waals surface area contributed by atoms with Gasteiger partial charge in [0.25, 0.3) is 0 Å². The lowest BCUT2D eigenvalue weighted by Gasteiger charge is -2.05. The first-order valence-electron chi connectivity index (χ1n) is 5.90. The van der Waals surface area contributed by atoms with Crippen LogP contribution in [-0.2, 0) is 12.3 Å². The third-order valence-electron chi connectivity index (χ3n) is 2.31. The molecule has 0 bridgehead atoms. The molecule has 114 valence electrons. The molecule has 0 saturated carbocycles. The van der Waals surface area contributed by atoms with Crippen molar-refractivity contribution in [2.75, 3.05) is 6.54 Å². The normalized spacial score (nSPS) is 11.8. The number of thioether (sulfide) groups is 1. The molecule has 0 saturated heterocycles. The lowest BCUT2D eigenvalue weighted by molar-refractivity contribution is -0.125. The summed E-state index contributed by atoms with van der Waals surface area (Å²) in [6, 6.07) is 7.69. The molecule has 2 aromatic rings. The monoisotopic (exact) mass is 381 g/mol. The Morgan fingerprint density at radius 2 is 2.05 bits per heavy atom. The molecule has 0 atom stereocenters. The summed E-state index contributed by atoms with van der Waals surface area (Å²) in [5.74, 6) is 1.06. The van der Waals surface area contributed by atoms with Crippen LogP contribution in [0, 0.1) is 0 Å². The van der Waals surface area contributed by atoms with Crippen molar-refractivity contribution in [3.05, 3.63) is 40.5 Å².